The van der Waals surface area contributed by atoms with Crippen LogP contribution in [0, 0.1) is 0 Å². The summed E-state index contributed by atoms with van der Waals surface area (Å²) in [6.07, 6.45) is -23.7. The van der Waals surface area contributed by atoms with Crippen molar-refractivity contribution in [3.05, 3.63) is 0 Å². The summed E-state index contributed by atoms with van der Waals surface area (Å²) in [5.74, 6) is -78.4. The van der Waals surface area contributed by atoms with Gasteiger partial charge in [0.2, 0.25) is 0 Å². The molecule has 0 aliphatic heterocycles. The molecule has 0 aliphatic rings. The summed E-state index contributed by atoms with van der Waals surface area (Å²) in [5.41, 5.74) is 0. The van der Waals surface area contributed by atoms with Crippen molar-refractivity contribution in [3.8, 4) is 0 Å². The van der Waals surface area contributed by atoms with E-state index in [-0.39, 0.29) is 0 Å². The van der Waals surface area contributed by atoms with E-state index in [1.807, 2.05) is 0 Å². The van der Waals surface area contributed by atoms with Crippen molar-refractivity contribution < 1.29 is 119 Å². The van der Waals surface area contributed by atoms with E-state index in [4.69, 9.17) is 0 Å². The first-order valence-electron chi connectivity index (χ1n) is 11.6. The largest absolute Gasteiger partial charge is 0.460 e. The predicted octanol–water partition coefficient (Wildman–Crippen LogP) is 10.1. The molecule has 0 bridgehead atoms. The summed E-state index contributed by atoms with van der Waals surface area (Å²) in [4.78, 5) is 0. The molecule has 0 radical (unpaired) electrons. The number of halogens is 26. The highest BCUT2D eigenvalue weighted by atomic mass is 19.4. The second-order valence-electron chi connectivity index (χ2n) is 10.6. The maximum atomic E-state index is 14.0. The van der Waals surface area contributed by atoms with Crippen LogP contribution < -0.4 is 0 Å². The standard InChI is InChI=1S/C20H18F26N/c1-47(2,8-4-6-10(23,24)12(27,28)17(37,38)19(41,42)43)7-3-5-9(21,22)11(25,26)13(29,30)14(31,32)15(33,34)16(35,36)18(39,40)20(44,45)46/h3-8H2,1-2H3/q+1. The molecule has 0 N–H and O–H groups in total. The molecule has 0 aromatic carbocycles. The fourth-order valence-corrected chi connectivity index (χ4v) is 3.49. The minimum absolute atomic E-state index is 0.670. The number of hydrogen-bond donors (Lipinski definition) is 0. The van der Waals surface area contributed by atoms with Crippen LogP contribution in [0.25, 0.3) is 0 Å². The summed E-state index contributed by atoms with van der Waals surface area (Å²) < 4.78 is 341. The van der Waals surface area contributed by atoms with Gasteiger partial charge in [-0.1, -0.05) is 0 Å². The Bertz CT molecular complexity index is 1060. The first-order chi connectivity index (χ1) is 19.9. The summed E-state index contributed by atoms with van der Waals surface area (Å²) in [5, 5.41) is 0. The van der Waals surface area contributed by atoms with Crippen LogP contribution in [-0.2, 0) is 0 Å². The maximum absolute atomic E-state index is 14.0. The van der Waals surface area contributed by atoms with E-state index in [9.17, 15) is 114 Å². The fourth-order valence-electron chi connectivity index (χ4n) is 3.49. The van der Waals surface area contributed by atoms with Gasteiger partial charge in [0, 0.05) is 25.7 Å². The SMILES string of the molecule is C[N+](C)(CCCC(F)(F)C(F)(F)C(F)(F)C(F)(F)F)CCCC(F)(F)C(F)(F)C(F)(F)C(F)(F)C(F)(F)C(F)(F)C(F)(F)C(F)(F)F. The molecular formula is C20H18F26N+. The molecule has 0 saturated carbocycles. The van der Waals surface area contributed by atoms with Crippen molar-refractivity contribution in [1.82, 2.24) is 0 Å². The van der Waals surface area contributed by atoms with Gasteiger partial charge >= 0.3 is 71.6 Å². The molecule has 0 aliphatic carbocycles. The Hall–Kier alpha value is -1.86. The molecule has 0 aromatic rings. The van der Waals surface area contributed by atoms with Crippen LogP contribution in [0.3, 0.4) is 0 Å². The average molecular weight is 766 g/mol. The highest BCUT2D eigenvalue weighted by molar-refractivity contribution is 5.15. The summed E-state index contributed by atoms with van der Waals surface area (Å²) in [6, 6.07) is 0. The molecule has 1 nitrogen and oxygen atoms in total. The highest BCUT2D eigenvalue weighted by Gasteiger charge is 2.95. The molecular weight excluding hydrogens is 748 g/mol. The van der Waals surface area contributed by atoms with Crippen LogP contribution in [0.15, 0.2) is 0 Å². The molecule has 0 unspecified atom stereocenters. The van der Waals surface area contributed by atoms with Crippen molar-refractivity contribution in [2.45, 2.75) is 97.3 Å². The lowest BCUT2D eigenvalue weighted by atomic mass is 9.88. The molecule has 0 amide bonds. The molecule has 0 fully saturated rings. The maximum Gasteiger partial charge on any atom is 0.460 e. The Balaban J connectivity index is 5.93. The second-order valence-corrected chi connectivity index (χ2v) is 10.6. The molecule has 0 spiro atoms. The zero-order valence-corrected chi connectivity index (χ0v) is 22.5. The van der Waals surface area contributed by atoms with E-state index in [2.05, 4.69) is 0 Å². The minimum Gasteiger partial charge on any atom is -0.328 e. The minimum atomic E-state index is -8.83. The molecule has 27 heteroatoms. The van der Waals surface area contributed by atoms with Crippen molar-refractivity contribution in [2.75, 3.05) is 27.2 Å². The topological polar surface area (TPSA) is 0 Å². The van der Waals surface area contributed by atoms with Gasteiger partial charge in [-0.25, -0.2) is 0 Å². The van der Waals surface area contributed by atoms with Gasteiger partial charge < -0.3 is 4.48 Å². The summed E-state index contributed by atoms with van der Waals surface area (Å²) in [7, 11) is 1.34. The van der Waals surface area contributed by atoms with E-state index in [0.29, 0.717) is 14.1 Å². The van der Waals surface area contributed by atoms with E-state index in [1.165, 1.54) is 0 Å². The molecule has 0 atom stereocenters. The third-order valence-electron chi connectivity index (χ3n) is 6.51. The van der Waals surface area contributed by atoms with Crippen LogP contribution in [0.4, 0.5) is 114 Å². The Morgan fingerprint density at radius 1 is 0.298 bits per heavy atom. The summed E-state index contributed by atoms with van der Waals surface area (Å²) >= 11 is 0. The number of rotatable bonds is 16. The molecule has 0 heterocycles. The average Bonchev–Trinajstić information content (AvgIpc) is 2.80. The first-order valence-corrected chi connectivity index (χ1v) is 11.6. The third-order valence-corrected chi connectivity index (χ3v) is 6.51. The van der Waals surface area contributed by atoms with Gasteiger partial charge in [-0.05, 0) is 0 Å². The number of quaternary nitrogens is 1. The molecule has 0 saturated heterocycles. The predicted molar refractivity (Wildman–Crippen MR) is 102 cm³/mol. The lowest BCUT2D eigenvalue weighted by molar-refractivity contribution is -0.891. The Labute approximate surface area is 244 Å². The number of nitrogens with zero attached hydrogens (tertiary/aromatic N) is 1. The Morgan fingerprint density at radius 3 is 0.745 bits per heavy atom. The fraction of sp³-hybridized carbons (Fsp3) is 1.00. The molecule has 47 heavy (non-hydrogen) atoms. The zero-order valence-electron chi connectivity index (χ0n) is 22.5. The van der Waals surface area contributed by atoms with E-state index >= 15 is 0 Å². The number of hydrogen-bond acceptors (Lipinski definition) is 0. The van der Waals surface area contributed by atoms with Crippen LogP contribution in [-0.4, -0.2) is 103 Å². The highest BCUT2D eigenvalue weighted by Crippen LogP contribution is 2.64. The van der Waals surface area contributed by atoms with Gasteiger partial charge in [0.15, 0.2) is 0 Å². The number of alkyl halides is 26. The van der Waals surface area contributed by atoms with Gasteiger partial charge in [-0.2, -0.15) is 114 Å². The van der Waals surface area contributed by atoms with Crippen LogP contribution in [0.2, 0.25) is 0 Å². The van der Waals surface area contributed by atoms with Crippen molar-refractivity contribution in [3.63, 3.8) is 0 Å². The molecule has 284 valence electrons. The van der Waals surface area contributed by atoms with Gasteiger partial charge in [0.05, 0.1) is 27.2 Å². The quantitative estimate of drug-likeness (QED) is 0.108. The smallest absolute Gasteiger partial charge is 0.328 e. The Morgan fingerprint density at radius 2 is 0.489 bits per heavy atom. The zero-order chi connectivity index (χ0) is 38.7. The lowest BCUT2D eigenvalue weighted by Crippen LogP contribution is -2.74. The molecule has 0 rings (SSSR count). The van der Waals surface area contributed by atoms with Crippen LogP contribution in [0.5, 0.6) is 0 Å². The first kappa shape index (κ1) is 45.1. The molecule has 0 aromatic heterocycles. The van der Waals surface area contributed by atoms with Crippen molar-refractivity contribution >= 4 is 0 Å². The van der Waals surface area contributed by atoms with Crippen molar-refractivity contribution in [2.24, 2.45) is 0 Å². The normalized spacial score (nSPS) is 16.6. The van der Waals surface area contributed by atoms with Crippen molar-refractivity contribution in [1.29, 1.82) is 0 Å². The van der Waals surface area contributed by atoms with Crippen LogP contribution in [0.1, 0.15) is 25.7 Å². The van der Waals surface area contributed by atoms with E-state index in [1.54, 1.807) is 0 Å². The third kappa shape index (κ3) is 7.23. The Kier molecular flexibility index (Phi) is 11.7. The summed E-state index contributed by atoms with van der Waals surface area (Å²) in [6.45, 7) is -2.38. The van der Waals surface area contributed by atoms with Crippen LogP contribution >= 0.6 is 0 Å². The second kappa shape index (κ2) is 12.2. The van der Waals surface area contributed by atoms with Gasteiger partial charge in [-0.3, -0.25) is 0 Å². The van der Waals surface area contributed by atoms with Gasteiger partial charge in [-0.15, -0.1) is 0 Å². The lowest BCUT2D eigenvalue weighted by Gasteiger charge is -2.43. The van der Waals surface area contributed by atoms with E-state index < -0.39 is 115 Å². The monoisotopic (exact) mass is 766 g/mol. The van der Waals surface area contributed by atoms with E-state index in [0.717, 1.165) is 0 Å². The van der Waals surface area contributed by atoms with Gasteiger partial charge in [0.25, 0.3) is 0 Å². The van der Waals surface area contributed by atoms with Gasteiger partial charge in [0.1, 0.15) is 0 Å².